The number of rotatable bonds is 5. The highest BCUT2D eigenvalue weighted by atomic mass is 127. The van der Waals surface area contributed by atoms with E-state index < -0.39 is 0 Å². The Hall–Kier alpha value is -0.990. The zero-order valence-corrected chi connectivity index (χ0v) is 18.6. The van der Waals surface area contributed by atoms with Crippen LogP contribution in [0, 0.1) is 13.8 Å². The van der Waals surface area contributed by atoms with Crippen molar-refractivity contribution in [3.8, 4) is 0 Å². The van der Waals surface area contributed by atoms with Crippen molar-refractivity contribution in [3.05, 3.63) is 50.8 Å². The molecule has 0 bridgehead atoms. The van der Waals surface area contributed by atoms with E-state index in [0.29, 0.717) is 22.5 Å². The fourth-order valence-electron chi connectivity index (χ4n) is 2.67. The predicted molar refractivity (Wildman–Crippen MR) is 116 cm³/mol. The zero-order chi connectivity index (χ0) is 17.9. The van der Waals surface area contributed by atoms with Crippen LogP contribution in [0.25, 0.3) is 0 Å². The first-order valence-corrected chi connectivity index (χ1v) is 8.55. The molecule has 0 saturated heterocycles. The summed E-state index contributed by atoms with van der Waals surface area (Å²) in [5.74, 6) is 0.396. The molecule has 0 aliphatic carbocycles. The van der Waals surface area contributed by atoms with Gasteiger partial charge in [0, 0.05) is 29.3 Å². The average molecular weight is 496 g/mol. The first-order chi connectivity index (χ1) is 11.3. The van der Waals surface area contributed by atoms with Gasteiger partial charge in [-0.15, -0.1) is 24.0 Å². The quantitative estimate of drug-likeness (QED) is 0.371. The summed E-state index contributed by atoms with van der Waals surface area (Å²) >= 11 is 12.1. The molecule has 0 spiro atoms. The second kappa shape index (κ2) is 9.64. The number of nitrogens with zero attached hydrogens (tertiary/aromatic N) is 3. The van der Waals surface area contributed by atoms with Crippen LogP contribution in [0.15, 0.2) is 23.2 Å². The van der Waals surface area contributed by atoms with Crippen LogP contribution in [0.1, 0.15) is 35.5 Å². The van der Waals surface area contributed by atoms with Crippen LogP contribution >= 0.6 is 47.2 Å². The lowest BCUT2D eigenvalue weighted by molar-refractivity contribution is 0.707. The highest BCUT2D eigenvalue weighted by molar-refractivity contribution is 14.0. The van der Waals surface area contributed by atoms with E-state index in [9.17, 15) is 0 Å². The van der Waals surface area contributed by atoms with Gasteiger partial charge < -0.3 is 11.1 Å². The molecule has 0 amide bonds. The van der Waals surface area contributed by atoms with Gasteiger partial charge in [-0.05, 0) is 50.5 Å². The number of nitrogens with one attached hydrogen (secondary N) is 1. The maximum atomic E-state index is 6.21. The van der Waals surface area contributed by atoms with E-state index >= 15 is 0 Å². The molecule has 1 aromatic carbocycles. The van der Waals surface area contributed by atoms with E-state index in [1.807, 2.05) is 37.7 Å². The van der Waals surface area contributed by atoms with Gasteiger partial charge in [0.2, 0.25) is 0 Å². The molecule has 0 saturated carbocycles. The zero-order valence-electron chi connectivity index (χ0n) is 14.8. The molecule has 1 unspecified atom stereocenters. The lowest BCUT2D eigenvalue weighted by Crippen LogP contribution is -2.34. The lowest BCUT2D eigenvalue weighted by Gasteiger charge is -2.16. The van der Waals surface area contributed by atoms with Gasteiger partial charge in [-0.1, -0.05) is 29.3 Å². The van der Waals surface area contributed by atoms with E-state index in [-0.39, 0.29) is 30.0 Å². The number of aryl methyl sites for hydroxylation is 2. The maximum Gasteiger partial charge on any atom is 0.189 e. The SMILES string of the molecule is Cc1nn(C)c(C)c1CCN=C(N)NC(C)c1ccc(Cl)cc1Cl.I. The Morgan fingerprint density at radius 3 is 2.60 bits per heavy atom. The number of guanidine groups is 1. The van der Waals surface area contributed by atoms with Crippen molar-refractivity contribution in [3.63, 3.8) is 0 Å². The normalized spacial score (nSPS) is 12.6. The summed E-state index contributed by atoms with van der Waals surface area (Å²) in [6.45, 7) is 6.66. The van der Waals surface area contributed by atoms with Crippen LogP contribution in [0.4, 0.5) is 0 Å². The molecule has 2 rings (SSSR count). The summed E-state index contributed by atoms with van der Waals surface area (Å²) < 4.78 is 1.89. The number of hydrogen-bond acceptors (Lipinski definition) is 2. The third-order valence-electron chi connectivity index (χ3n) is 4.10. The first-order valence-electron chi connectivity index (χ1n) is 7.80. The summed E-state index contributed by atoms with van der Waals surface area (Å²) in [5.41, 5.74) is 10.3. The molecule has 0 fully saturated rings. The Morgan fingerprint density at radius 2 is 2.04 bits per heavy atom. The van der Waals surface area contributed by atoms with Gasteiger partial charge in [0.15, 0.2) is 5.96 Å². The van der Waals surface area contributed by atoms with Crippen molar-refractivity contribution >= 4 is 53.1 Å². The van der Waals surface area contributed by atoms with E-state index in [0.717, 1.165) is 23.4 Å². The number of halogens is 3. The molecular formula is C17H24Cl2IN5. The fourth-order valence-corrected chi connectivity index (χ4v) is 3.24. The average Bonchev–Trinajstić information content (AvgIpc) is 2.73. The Balaban J connectivity index is 0.00000312. The molecule has 0 aliphatic rings. The van der Waals surface area contributed by atoms with Crippen molar-refractivity contribution in [1.29, 1.82) is 0 Å². The number of aromatic nitrogens is 2. The van der Waals surface area contributed by atoms with Gasteiger partial charge in [-0.25, -0.2) is 0 Å². The van der Waals surface area contributed by atoms with Crippen LogP contribution < -0.4 is 11.1 Å². The monoisotopic (exact) mass is 495 g/mol. The molecule has 25 heavy (non-hydrogen) atoms. The van der Waals surface area contributed by atoms with Gasteiger partial charge in [-0.2, -0.15) is 5.10 Å². The number of nitrogens with two attached hydrogens (primary N) is 1. The van der Waals surface area contributed by atoms with Crippen molar-refractivity contribution in [2.75, 3.05) is 6.54 Å². The third kappa shape index (κ3) is 5.76. The molecule has 1 atom stereocenters. The van der Waals surface area contributed by atoms with Gasteiger partial charge >= 0.3 is 0 Å². The molecule has 1 heterocycles. The molecule has 138 valence electrons. The van der Waals surface area contributed by atoms with Gasteiger partial charge in [0.1, 0.15) is 0 Å². The topological polar surface area (TPSA) is 68.2 Å². The van der Waals surface area contributed by atoms with Crippen LogP contribution in [0.2, 0.25) is 10.0 Å². The predicted octanol–water partition coefficient (Wildman–Crippen LogP) is 4.17. The van der Waals surface area contributed by atoms with E-state index in [1.165, 1.54) is 5.56 Å². The van der Waals surface area contributed by atoms with Crippen LogP contribution in [-0.4, -0.2) is 22.3 Å². The molecule has 1 aromatic heterocycles. The maximum absolute atomic E-state index is 6.21. The molecule has 5 nitrogen and oxygen atoms in total. The molecule has 2 aromatic rings. The number of aliphatic imine (C=N–C) groups is 1. The second-order valence-electron chi connectivity index (χ2n) is 5.82. The summed E-state index contributed by atoms with van der Waals surface area (Å²) in [6.07, 6.45) is 0.809. The third-order valence-corrected chi connectivity index (χ3v) is 4.66. The molecule has 3 N–H and O–H groups in total. The fraction of sp³-hybridized carbons (Fsp3) is 0.412. The Labute approximate surface area is 176 Å². The molecule has 8 heteroatoms. The van der Waals surface area contributed by atoms with Crippen LogP contribution in [0.3, 0.4) is 0 Å². The highest BCUT2D eigenvalue weighted by Gasteiger charge is 2.11. The summed E-state index contributed by atoms with van der Waals surface area (Å²) in [6, 6.07) is 5.36. The minimum absolute atomic E-state index is 0. The van der Waals surface area contributed by atoms with Gasteiger partial charge in [-0.3, -0.25) is 9.67 Å². The molecule has 0 radical (unpaired) electrons. The Bertz CT molecular complexity index is 758. The Kier molecular flexibility index (Phi) is 8.50. The minimum atomic E-state index is -0.0552. The van der Waals surface area contributed by atoms with Gasteiger partial charge in [0.05, 0.1) is 11.7 Å². The minimum Gasteiger partial charge on any atom is -0.370 e. The standard InChI is InChI=1S/C17H23Cl2N5.HI/c1-10(15-6-5-13(18)9-16(15)19)22-17(20)21-8-7-14-11(2)23-24(4)12(14)3;/h5-6,9-10H,7-8H2,1-4H3,(H3,20,21,22);1H. The Morgan fingerprint density at radius 1 is 1.36 bits per heavy atom. The summed E-state index contributed by atoms with van der Waals surface area (Å²) in [5, 5.41) is 8.78. The second-order valence-corrected chi connectivity index (χ2v) is 6.67. The van der Waals surface area contributed by atoms with Crippen molar-refractivity contribution in [2.24, 2.45) is 17.8 Å². The summed E-state index contributed by atoms with van der Waals surface area (Å²) in [7, 11) is 1.95. The van der Waals surface area contributed by atoms with Crippen molar-refractivity contribution in [1.82, 2.24) is 15.1 Å². The van der Waals surface area contributed by atoms with Crippen LogP contribution in [0.5, 0.6) is 0 Å². The first kappa shape index (κ1) is 22.1. The number of benzene rings is 1. The van der Waals surface area contributed by atoms with Gasteiger partial charge in [0.25, 0.3) is 0 Å². The highest BCUT2D eigenvalue weighted by Crippen LogP contribution is 2.25. The largest absolute Gasteiger partial charge is 0.370 e. The van der Waals surface area contributed by atoms with Crippen molar-refractivity contribution < 1.29 is 0 Å². The number of hydrogen-bond donors (Lipinski definition) is 2. The molecule has 0 aliphatic heterocycles. The molecular weight excluding hydrogens is 472 g/mol. The van der Waals surface area contributed by atoms with Crippen LogP contribution in [-0.2, 0) is 13.5 Å². The van der Waals surface area contributed by atoms with Crippen molar-refractivity contribution in [2.45, 2.75) is 33.2 Å². The smallest absolute Gasteiger partial charge is 0.189 e. The lowest BCUT2D eigenvalue weighted by atomic mass is 10.1. The van der Waals surface area contributed by atoms with E-state index in [4.69, 9.17) is 28.9 Å². The summed E-state index contributed by atoms with van der Waals surface area (Å²) in [4.78, 5) is 4.40. The van der Waals surface area contributed by atoms with E-state index in [1.54, 1.807) is 6.07 Å². The van der Waals surface area contributed by atoms with E-state index in [2.05, 4.69) is 22.3 Å².